The van der Waals surface area contributed by atoms with Gasteiger partial charge in [-0.15, -0.1) is 0 Å². The largest absolute Gasteiger partial charge is 0.376 e. The monoisotopic (exact) mass is 371 g/mol. The summed E-state index contributed by atoms with van der Waals surface area (Å²) in [6.07, 6.45) is 1.94. The number of amides is 1. The van der Waals surface area contributed by atoms with Crippen LogP contribution in [-0.4, -0.2) is 12.5 Å². The van der Waals surface area contributed by atoms with Crippen molar-refractivity contribution < 1.29 is 4.79 Å². The van der Waals surface area contributed by atoms with E-state index in [2.05, 4.69) is 40.4 Å². The number of hydrogen-bond acceptors (Lipinski definition) is 3. The second kappa shape index (κ2) is 9.42. The van der Waals surface area contributed by atoms with E-state index in [0.29, 0.717) is 0 Å². The van der Waals surface area contributed by atoms with Crippen LogP contribution >= 0.6 is 0 Å². The van der Waals surface area contributed by atoms with E-state index in [4.69, 9.17) is 0 Å². The Morgan fingerprint density at radius 1 is 0.821 bits per heavy atom. The fourth-order valence-corrected chi connectivity index (χ4v) is 2.91. The normalized spacial score (nSPS) is 11.0. The third kappa shape index (κ3) is 5.01. The number of carbonyl (C=O) groups excluding carboxylic acids is 1. The van der Waals surface area contributed by atoms with E-state index in [1.165, 1.54) is 5.56 Å². The smallest absolute Gasteiger partial charge is 0.257 e. The molecule has 0 aliphatic rings. The van der Waals surface area contributed by atoms with Gasteiger partial charge in [0, 0.05) is 5.69 Å². The van der Waals surface area contributed by atoms with Gasteiger partial charge in [-0.1, -0.05) is 78.9 Å². The van der Waals surface area contributed by atoms with Gasteiger partial charge in [0.2, 0.25) is 0 Å². The van der Waals surface area contributed by atoms with Gasteiger partial charge in [-0.05, 0) is 42.2 Å². The Bertz CT molecular complexity index is 947. The molecular formula is C24H25N3O. The van der Waals surface area contributed by atoms with Crippen LogP contribution in [0.25, 0.3) is 16.8 Å². The van der Waals surface area contributed by atoms with Crippen LogP contribution in [0, 0.1) is 6.92 Å². The van der Waals surface area contributed by atoms with Crippen LogP contribution in [-0.2, 0) is 4.79 Å². The van der Waals surface area contributed by atoms with Crippen molar-refractivity contribution in [3.63, 3.8) is 0 Å². The number of allylic oxidation sites excluding steroid dienone is 1. The third-order valence-electron chi connectivity index (χ3n) is 4.51. The van der Waals surface area contributed by atoms with Crippen LogP contribution < -0.4 is 16.2 Å². The fraction of sp³-hybridized carbons (Fsp3) is 0.125. The molecule has 28 heavy (non-hydrogen) atoms. The molecular weight excluding hydrogens is 346 g/mol. The molecule has 3 aromatic carbocycles. The van der Waals surface area contributed by atoms with E-state index in [1.807, 2.05) is 74.5 Å². The van der Waals surface area contributed by atoms with Crippen molar-refractivity contribution in [2.24, 2.45) is 0 Å². The van der Waals surface area contributed by atoms with Crippen molar-refractivity contribution in [1.82, 2.24) is 10.9 Å². The quantitative estimate of drug-likeness (QED) is 0.525. The lowest BCUT2D eigenvalue weighted by Gasteiger charge is -2.14. The van der Waals surface area contributed by atoms with E-state index in [0.717, 1.165) is 28.1 Å². The summed E-state index contributed by atoms with van der Waals surface area (Å²) in [5.41, 5.74) is 12.0. The first-order valence-electron chi connectivity index (χ1n) is 9.34. The number of carbonyl (C=O) groups is 1. The molecule has 3 aromatic rings. The second-order valence-electron chi connectivity index (χ2n) is 6.49. The van der Waals surface area contributed by atoms with E-state index in [-0.39, 0.29) is 12.5 Å². The number of benzene rings is 3. The molecule has 0 fully saturated rings. The van der Waals surface area contributed by atoms with E-state index < -0.39 is 0 Å². The Hall–Kier alpha value is -3.53. The maximum absolute atomic E-state index is 12.2. The molecule has 0 spiro atoms. The van der Waals surface area contributed by atoms with Gasteiger partial charge in [0.15, 0.2) is 0 Å². The zero-order chi connectivity index (χ0) is 19.8. The lowest BCUT2D eigenvalue weighted by Crippen LogP contribution is -2.39. The molecule has 0 aliphatic carbocycles. The first-order valence-corrected chi connectivity index (χ1v) is 9.34. The molecule has 0 aliphatic heterocycles. The molecule has 3 rings (SSSR count). The summed E-state index contributed by atoms with van der Waals surface area (Å²) in [6, 6.07) is 26.4. The molecule has 4 nitrogen and oxygen atoms in total. The van der Waals surface area contributed by atoms with E-state index >= 15 is 0 Å². The molecule has 0 saturated carbocycles. The Balaban J connectivity index is 1.55. The van der Waals surface area contributed by atoms with Crippen LogP contribution in [0.4, 0.5) is 5.69 Å². The maximum atomic E-state index is 12.2. The average molecular weight is 371 g/mol. The summed E-state index contributed by atoms with van der Waals surface area (Å²) in [5.74, 6) is -0.136. The van der Waals surface area contributed by atoms with Crippen LogP contribution in [0.1, 0.15) is 18.1 Å². The molecule has 0 bridgehead atoms. The van der Waals surface area contributed by atoms with Crippen LogP contribution in [0.3, 0.4) is 0 Å². The summed E-state index contributed by atoms with van der Waals surface area (Å²) in [6.45, 7) is 4.14. The average Bonchev–Trinajstić information content (AvgIpc) is 2.75. The highest BCUT2D eigenvalue weighted by Crippen LogP contribution is 2.21. The van der Waals surface area contributed by atoms with Crippen molar-refractivity contribution >= 4 is 17.3 Å². The molecule has 0 radical (unpaired) electrons. The summed E-state index contributed by atoms with van der Waals surface area (Å²) in [7, 11) is 0. The second-order valence-corrected chi connectivity index (χ2v) is 6.49. The highest BCUT2D eigenvalue weighted by Gasteiger charge is 2.05. The predicted molar refractivity (Wildman–Crippen MR) is 116 cm³/mol. The summed E-state index contributed by atoms with van der Waals surface area (Å²) in [5, 5.41) is 3.15. The lowest BCUT2D eigenvalue weighted by atomic mass is 10.0. The maximum Gasteiger partial charge on any atom is 0.257 e. The number of hydrazine groups is 1. The molecule has 0 aromatic heterocycles. The Labute approximate surface area is 166 Å². The highest BCUT2D eigenvalue weighted by molar-refractivity contribution is 5.82. The topological polar surface area (TPSA) is 53.2 Å². The van der Waals surface area contributed by atoms with Crippen LogP contribution in [0.15, 0.2) is 84.9 Å². The first kappa shape index (κ1) is 19.2. The van der Waals surface area contributed by atoms with Crippen molar-refractivity contribution in [1.29, 1.82) is 0 Å². The van der Waals surface area contributed by atoms with Crippen molar-refractivity contribution in [2.75, 3.05) is 11.9 Å². The van der Waals surface area contributed by atoms with E-state index in [9.17, 15) is 4.79 Å². The molecule has 0 atom stereocenters. The van der Waals surface area contributed by atoms with Gasteiger partial charge in [0.25, 0.3) is 5.91 Å². The lowest BCUT2D eigenvalue weighted by molar-refractivity contribution is -0.120. The molecule has 142 valence electrons. The highest BCUT2D eigenvalue weighted by atomic mass is 16.2. The third-order valence-corrected chi connectivity index (χ3v) is 4.51. The van der Waals surface area contributed by atoms with Gasteiger partial charge in [0.05, 0.1) is 12.2 Å². The van der Waals surface area contributed by atoms with Crippen molar-refractivity contribution in [3.8, 4) is 11.1 Å². The van der Waals surface area contributed by atoms with Gasteiger partial charge >= 0.3 is 0 Å². The number of hydrogen-bond donors (Lipinski definition) is 3. The molecule has 0 saturated heterocycles. The standard InChI is InChI=1S/C24H25N3O/c1-3-22(21-15-13-20(14-16-21)19-10-5-4-6-11-19)26-27-24(28)17-25-23-12-8-7-9-18(23)2/h3-16,25-26H,17H2,1-2H3,(H,27,28). The van der Waals surface area contributed by atoms with Crippen molar-refractivity contribution in [2.45, 2.75) is 13.8 Å². The molecule has 0 unspecified atom stereocenters. The number of rotatable bonds is 7. The molecule has 1 amide bonds. The molecule has 4 heteroatoms. The first-order chi connectivity index (χ1) is 13.7. The summed E-state index contributed by atoms with van der Waals surface area (Å²) < 4.78 is 0. The molecule has 0 heterocycles. The van der Waals surface area contributed by atoms with Crippen molar-refractivity contribution in [3.05, 3.63) is 96.1 Å². The summed E-state index contributed by atoms with van der Waals surface area (Å²) in [4.78, 5) is 12.2. The predicted octanol–water partition coefficient (Wildman–Crippen LogP) is 4.76. The Morgan fingerprint density at radius 3 is 2.14 bits per heavy atom. The molecule has 3 N–H and O–H groups in total. The van der Waals surface area contributed by atoms with Crippen LogP contribution in [0.2, 0.25) is 0 Å². The van der Waals surface area contributed by atoms with Crippen LogP contribution in [0.5, 0.6) is 0 Å². The van der Waals surface area contributed by atoms with Gasteiger partial charge < -0.3 is 5.32 Å². The van der Waals surface area contributed by atoms with E-state index in [1.54, 1.807) is 0 Å². The zero-order valence-corrected chi connectivity index (χ0v) is 16.2. The zero-order valence-electron chi connectivity index (χ0n) is 16.2. The minimum Gasteiger partial charge on any atom is -0.376 e. The Morgan fingerprint density at radius 2 is 1.46 bits per heavy atom. The van der Waals surface area contributed by atoms with Gasteiger partial charge in [0.1, 0.15) is 0 Å². The summed E-state index contributed by atoms with van der Waals surface area (Å²) >= 11 is 0. The number of nitrogens with one attached hydrogen (secondary N) is 3. The minimum absolute atomic E-state index is 0.136. The van der Waals surface area contributed by atoms with Gasteiger partial charge in [-0.25, -0.2) is 0 Å². The number of anilines is 1. The van der Waals surface area contributed by atoms with Gasteiger partial charge in [-0.3, -0.25) is 15.6 Å². The SMILES string of the molecule is CC=C(NNC(=O)CNc1ccccc1C)c1ccc(-c2ccccc2)cc1. The number of aryl methyl sites for hydroxylation is 1. The number of para-hydroxylation sites is 1. The Kier molecular flexibility index (Phi) is 6.47. The fourth-order valence-electron chi connectivity index (χ4n) is 2.91. The minimum atomic E-state index is -0.136. The van der Waals surface area contributed by atoms with Gasteiger partial charge in [-0.2, -0.15) is 0 Å².